The smallest absolute Gasteiger partial charge is 0.119 e. The van der Waals surface area contributed by atoms with Crippen molar-refractivity contribution in [1.82, 2.24) is 0 Å². The van der Waals surface area contributed by atoms with E-state index in [1.165, 1.54) is 25.7 Å². The van der Waals surface area contributed by atoms with Crippen molar-refractivity contribution in [1.29, 1.82) is 0 Å². The predicted molar refractivity (Wildman–Crippen MR) is 79.8 cm³/mol. The van der Waals surface area contributed by atoms with Crippen LogP contribution in [-0.2, 0) is 0 Å². The molecule has 0 radical (unpaired) electrons. The van der Waals surface area contributed by atoms with E-state index in [2.05, 4.69) is 0 Å². The van der Waals surface area contributed by atoms with Crippen LogP contribution in [0, 0.1) is 5.92 Å². The Morgan fingerprint density at radius 3 is 2.40 bits per heavy atom. The highest BCUT2D eigenvalue weighted by atomic mass is 16.5. The Labute approximate surface area is 121 Å². The van der Waals surface area contributed by atoms with E-state index in [1.807, 2.05) is 31.2 Å². The first kappa shape index (κ1) is 15.3. The van der Waals surface area contributed by atoms with Gasteiger partial charge in [0.2, 0.25) is 0 Å². The average molecular weight is 278 g/mol. The molecule has 2 unspecified atom stereocenters. The largest absolute Gasteiger partial charge is 0.491 e. The Morgan fingerprint density at radius 1 is 1.15 bits per heavy atom. The second-order valence-corrected chi connectivity index (χ2v) is 5.84. The van der Waals surface area contributed by atoms with Gasteiger partial charge in [-0.15, -0.1) is 0 Å². The number of ether oxygens (including phenoxy) is 1. The fourth-order valence-electron chi connectivity index (χ4n) is 2.91. The summed E-state index contributed by atoms with van der Waals surface area (Å²) >= 11 is 0. The van der Waals surface area contributed by atoms with E-state index in [0.717, 1.165) is 17.7 Å². The van der Waals surface area contributed by atoms with Gasteiger partial charge in [-0.1, -0.05) is 44.7 Å². The van der Waals surface area contributed by atoms with Crippen LogP contribution in [0.1, 0.15) is 57.1 Å². The van der Waals surface area contributed by atoms with E-state index < -0.39 is 6.10 Å². The quantitative estimate of drug-likeness (QED) is 0.803. The molecule has 1 fully saturated rings. The number of aliphatic hydroxyl groups excluding tert-OH is 2. The van der Waals surface area contributed by atoms with Gasteiger partial charge in [0.1, 0.15) is 12.4 Å². The molecule has 0 aliphatic heterocycles. The summed E-state index contributed by atoms with van der Waals surface area (Å²) in [6, 6.07) is 7.48. The van der Waals surface area contributed by atoms with E-state index in [1.54, 1.807) is 0 Å². The third kappa shape index (κ3) is 4.50. The number of aliphatic hydroxyl groups is 2. The molecule has 3 heteroatoms. The summed E-state index contributed by atoms with van der Waals surface area (Å²) in [5.74, 6) is 1.43. The summed E-state index contributed by atoms with van der Waals surface area (Å²) < 4.78 is 5.61. The van der Waals surface area contributed by atoms with Crippen molar-refractivity contribution in [3.8, 4) is 5.75 Å². The molecular weight excluding hydrogens is 252 g/mol. The molecule has 2 N–H and O–H groups in total. The topological polar surface area (TPSA) is 49.7 Å². The maximum atomic E-state index is 9.99. The fourth-order valence-corrected chi connectivity index (χ4v) is 2.91. The first-order valence-electron chi connectivity index (χ1n) is 7.78. The van der Waals surface area contributed by atoms with E-state index in [4.69, 9.17) is 4.74 Å². The molecular formula is C17H26O3. The molecule has 0 bridgehead atoms. The third-order valence-electron chi connectivity index (χ3n) is 4.17. The minimum absolute atomic E-state index is 0.353. The molecule has 0 spiro atoms. The molecule has 3 nitrogen and oxygen atoms in total. The molecule has 2 atom stereocenters. The van der Waals surface area contributed by atoms with Crippen LogP contribution in [0.15, 0.2) is 24.3 Å². The molecule has 0 heterocycles. The summed E-state index contributed by atoms with van der Waals surface area (Å²) in [5, 5.41) is 19.7. The van der Waals surface area contributed by atoms with Gasteiger partial charge >= 0.3 is 0 Å². The standard InChI is InChI=1S/C17H26O3/c1-2-17(19)14-7-9-16(10-8-14)20-12-15(18)11-13-5-3-4-6-13/h7-10,13,15,17-19H,2-6,11-12H2,1H3. The molecule has 1 aromatic rings. The molecule has 0 aromatic heterocycles. The van der Waals surface area contributed by atoms with Crippen molar-refractivity contribution in [2.45, 2.75) is 57.7 Å². The summed E-state index contributed by atoms with van der Waals surface area (Å²) in [6.45, 7) is 2.31. The lowest BCUT2D eigenvalue weighted by atomic mass is 10.0. The van der Waals surface area contributed by atoms with Crippen LogP contribution in [0.4, 0.5) is 0 Å². The number of hydrogen-bond donors (Lipinski definition) is 2. The van der Waals surface area contributed by atoms with Crippen molar-refractivity contribution < 1.29 is 14.9 Å². The van der Waals surface area contributed by atoms with Crippen LogP contribution in [0.5, 0.6) is 5.75 Å². The number of hydrogen-bond acceptors (Lipinski definition) is 3. The Hall–Kier alpha value is -1.06. The van der Waals surface area contributed by atoms with Crippen LogP contribution < -0.4 is 4.74 Å². The zero-order valence-corrected chi connectivity index (χ0v) is 12.3. The summed E-state index contributed by atoms with van der Waals surface area (Å²) in [6.07, 6.45) is 5.89. The van der Waals surface area contributed by atoms with Crippen molar-refractivity contribution in [3.63, 3.8) is 0 Å². The van der Waals surface area contributed by atoms with E-state index >= 15 is 0 Å². The van der Waals surface area contributed by atoms with Gasteiger partial charge in [-0.3, -0.25) is 0 Å². The highest BCUT2D eigenvalue weighted by Crippen LogP contribution is 2.28. The van der Waals surface area contributed by atoms with Crippen molar-refractivity contribution in [2.24, 2.45) is 5.92 Å². The fraction of sp³-hybridized carbons (Fsp3) is 0.647. The summed E-state index contributed by atoms with van der Waals surface area (Å²) in [4.78, 5) is 0. The second-order valence-electron chi connectivity index (χ2n) is 5.84. The van der Waals surface area contributed by atoms with E-state index in [-0.39, 0.29) is 6.10 Å². The molecule has 1 saturated carbocycles. The van der Waals surface area contributed by atoms with E-state index in [9.17, 15) is 10.2 Å². The molecule has 1 aromatic carbocycles. The Bertz CT molecular complexity index is 382. The minimum Gasteiger partial charge on any atom is -0.491 e. The first-order chi connectivity index (χ1) is 9.69. The second kappa shape index (κ2) is 7.65. The Kier molecular flexibility index (Phi) is 5.86. The van der Waals surface area contributed by atoms with Gasteiger partial charge in [-0.05, 0) is 36.5 Å². The number of benzene rings is 1. The van der Waals surface area contributed by atoms with Crippen LogP contribution >= 0.6 is 0 Å². The zero-order chi connectivity index (χ0) is 14.4. The van der Waals surface area contributed by atoms with Crippen LogP contribution in [0.25, 0.3) is 0 Å². The Morgan fingerprint density at radius 2 is 1.80 bits per heavy atom. The number of rotatable bonds is 7. The first-order valence-corrected chi connectivity index (χ1v) is 7.78. The normalized spacial score (nSPS) is 18.9. The highest BCUT2D eigenvalue weighted by molar-refractivity contribution is 5.28. The minimum atomic E-state index is -0.406. The molecule has 112 valence electrons. The predicted octanol–water partition coefficient (Wildman–Crippen LogP) is 3.45. The SMILES string of the molecule is CCC(O)c1ccc(OCC(O)CC2CCCC2)cc1. The molecule has 0 amide bonds. The zero-order valence-electron chi connectivity index (χ0n) is 12.3. The monoisotopic (exact) mass is 278 g/mol. The van der Waals surface area contributed by atoms with Gasteiger partial charge in [-0.25, -0.2) is 0 Å². The molecule has 2 rings (SSSR count). The lowest BCUT2D eigenvalue weighted by Crippen LogP contribution is -2.20. The van der Waals surface area contributed by atoms with Crippen molar-refractivity contribution in [2.75, 3.05) is 6.61 Å². The maximum Gasteiger partial charge on any atom is 0.119 e. The average Bonchev–Trinajstić information content (AvgIpc) is 2.97. The molecule has 1 aliphatic carbocycles. The van der Waals surface area contributed by atoms with Crippen LogP contribution in [-0.4, -0.2) is 22.9 Å². The lowest BCUT2D eigenvalue weighted by molar-refractivity contribution is 0.0855. The van der Waals surface area contributed by atoms with Gasteiger partial charge in [0.25, 0.3) is 0 Å². The van der Waals surface area contributed by atoms with Crippen LogP contribution in [0.3, 0.4) is 0 Å². The summed E-state index contributed by atoms with van der Waals surface area (Å²) in [5.41, 5.74) is 0.909. The van der Waals surface area contributed by atoms with Gasteiger partial charge in [0.05, 0.1) is 12.2 Å². The molecule has 1 aliphatic rings. The van der Waals surface area contributed by atoms with Crippen LogP contribution in [0.2, 0.25) is 0 Å². The van der Waals surface area contributed by atoms with E-state index in [0.29, 0.717) is 18.9 Å². The lowest BCUT2D eigenvalue weighted by Gasteiger charge is -2.16. The highest BCUT2D eigenvalue weighted by Gasteiger charge is 2.19. The third-order valence-corrected chi connectivity index (χ3v) is 4.17. The van der Waals surface area contributed by atoms with Gasteiger partial charge in [0.15, 0.2) is 0 Å². The Balaban J connectivity index is 1.75. The maximum absolute atomic E-state index is 9.99. The van der Waals surface area contributed by atoms with Gasteiger partial charge in [0, 0.05) is 0 Å². The van der Waals surface area contributed by atoms with Crippen molar-refractivity contribution >= 4 is 0 Å². The van der Waals surface area contributed by atoms with Crippen molar-refractivity contribution in [3.05, 3.63) is 29.8 Å². The summed E-state index contributed by atoms with van der Waals surface area (Å²) in [7, 11) is 0. The van der Waals surface area contributed by atoms with Gasteiger partial charge in [-0.2, -0.15) is 0 Å². The molecule has 20 heavy (non-hydrogen) atoms. The molecule has 0 saturated heterocycles. The van der Waals surface area contributed by atoms with Gasteiger partial charge < -0.3 is 14.9 Å².